The molecule has 0 aliphatic rings. The summed E-state index contributed by atoms with van der Waals surface area (Å²) in [5.41, 5.74) is 0.764. The zero-order valence-corrected chi connectivity index (χ0v) is 15.7. The van der Waals surface area contributed by atoms with Crippen molar-refractivity contribution in [1.29, 1.82) is 0 Å². The summed E-state index contributed by atoms with van der Waals surface area (Å²) in [4.78, 5) is 11.8. The lowest BCUT2D eigenvalue weighted by atomic mass is 10.1. The summed E-state index contributed by atoms with van der Waals surface area (Å²) in [7, 11) is 1.57. The zero-order valence-electron chi connectivity index (χ0n) is 14.8. The van der Waals surface area contributed by atoms with E-state index in [0.717, 1.165) is 18.5 Å². The summed E-state index contributed by atoms with van der Waals surface area (Å²) in [6, 6.07) is 5.60. The molecule has 0 atom stereocenters. The number of benzene rings is 1. The van der Waals surface area contributed by atoms with Crippen LogP contribution in [0.4, 0.5) is 0 Å². The number of rotatable bonds is 9. The summed E-state index contributed by atoms with van der Waals surface area (Å²) in [6.07, 6.45) is 0.723. The summed E-state index contributed by atoms with van der Waals surface area (Å²) in [5.74, 6) is 0.958. The minimum Gasteiger partial charge on any atom is -0.493 e. The van der Waals surface area contributed by atoms with Gasteiger partial charge in [-0.25, -0.2) is 0 Å². The van der Waals surface area contributed by atoms with Crippen molar-refractivity contribution in [1.82, 2.24) is 10.6 Å². The maximum atomic E-state index is 11.8. The lowest BCUT2D eigenvalue weighted by Gasteiger charge is -2.20. The van der Waals surface area contributed by atoms with Crippen molar-refractivity contribution in [3.8, 4) is 11.5 Å². The van der Waals surface area contributed by atoms with Gasteiger partial charge in [0.1, 0.15) is 0 Å². The molecule has 0 bridgehead atoms. The molecule has 0 unspecified atom stereocenters. The van der Waals surface area contributed by atoms with E-state index < -0.39 is 0 Å². The number of ether oxygens (including phenoxy) is 2. The summed E-state index contributed by atoms with van der Waals surface area (Å²) >= 11 is 0. The quantitative estimate of drug-likeness (QED) is 0.586. The molecule has 3 N–H and O–H groups in total. The molecule has 0 aromatic heterocycles. The van der Waals surface area contributed by atoms with Crippen molar-refractivity contribution in [2.45, 2.75) is 39.3 Å². The number of carbonyl (C=O) groups excluding carboxylic acids is 1. The topological polar surface area (TPSA) is 79.8 Å². The summed E-state index contributed by atoms with van der Waals surface area (Å²) in [6.45, 7) is 7.32. The normalized spacial score (nSPS) is 10.7. The third-order valence-corrected chi connectivity index (χ3v) is 2.94. The predicted octanol–water partition coefficient (Wildman–Crippen LogP) is 1.88. The highest BCUT2D eigenvalue weighted by Gasteiger charge is 2.15. The van der Waals surface area contributed by atoms with Crippen LogP contribution in [-0.2, 0) is 11.3 Å². The van der Waals surface area contributed by atoms with Gasteiger partial charge < -0.3 is 25.2 Å². The maximum absolute atomic E-state index is 11.8. The van der Waals surface area contributed by atoms with Crippen molar-refractivity contribution < 1.29 is 19.4 Å². The van der Waals surface area contributed by atoms with E-state index in [1.54, 1.807) is 13.2 Å². The Morgan fingerprint density at radius 2 is 1.96 bits per heavy atom. The fraction of sp³-hybridized carbons (Fsp3) is 0.588. The number of amides is 1. The van der Waals surface area contributed by atoms with E-state index in [1.165, 1.54) is 0 Å². The van der Waals surface area contributed by atoms with Crippen LogP contribution in [0, 0.1) is 0 Å². The van der Waals surface area contributed by atoms with Gasteiger partial charge in [-0.2, -0.15) is 0 Å². The van der Waals surface area contributed by atoms with Crippen LogP contribution in [0.25, 0.3) is 0 Å². The molecule has 138 valence electrons. The van der Waals surface area contributed by atoms with Crippen LogP contribution in [0.15, 0.2) is 18.2 Å². The number of hydrogen-bond acceptors (Lipinski definition) is 5. The highest BCUT2D eigenvalue weighted by molar-refractivity contribution is 5.85. The Balaban J connectivity index is 0.00000529. The SMILES string of the molecule is COc1cc(CNCCCO)ccc1OCC(=O)NC(C)(C)C.Cl. The van der Waals surface area contributed by atoms with E-state index in [1.807, 2.05) is 32.9 Å². The Kier molecular flexibility index (Phi) is 10.4. The van der Waals surface area contributed by atoms with E-state index in [4.69, 9.17) is 14.6 Å². The maximum Gasteiger partial charge on any atom is 0.258 e. The van der Waals surface area contributed by atoms with Crippen LogP contribution in [0.5, 0.6) is 11.5 Å². The van der Waals surface area contributed by atoms with Crippen LogP contribution in [0.3, 0.4) is 0 Å². The van der Waals surface area contributed by atoms with Crippen LogP contribution < -0.4 is 20.1 Å². The fourth-order valence-electron chi connectivity index (χ4n) is 1.98. The number of halogens is 1. The molecular weight excluding hydrogens is 332 g/mol. The Bertz CT molecular complexity index is 504. The average molecular weight is 361 g/mol. The van der Waals surface area contributed by atoms with Gasteiger partial charge in [0.25, 0.3) is 5.91 Å². The Morgan fingerprint density at radius 3 is 2.54 bits per heavy atom. The summed E-state index contributed by atoms with van der Waals surface area (Å²) < 4.78 is 10.9. The molecule has 1 amide bonds. The second-order valence-electron chi connectivity index (χ2n) is 6.33. The molecular formula is C17H29ClN2O4. The van der Waals surface area contributed by atoms with Crippen molar-refractivity contribution in [2.75, 3.05) is 26.9 Å². The molecule has 0 saturated carbocycles. The highest BCUT2D eigenvalue weighted by atomic mass is 35.5. The van der Waals surface area contributed by atoms with Gasteiger partial charge in [-0.1, -0.05) is 6.07 Å². The molecule has 1 rings (SSSR count). The standard InChI is InChI=1S/C17H28N2O4.ClH/c1-17(2,3)19-16(21)12-23-14-7-6-13(10-15(14)22-4)11-18-8-5-9-20;/h6-7,10,18,20H,5,8-9,11-12H2,1-4H3,(H,19,21);1H. The van der Waals surface area contributed by atoms with Gasteiger partial charge in [-0.15, -0.1) is 12.4 Å². The van der Waals surface area contributed by atoms with Crippen molar-refractivity contribution in [3.63, 3.8) is 0 Å². The van der Waals surface area contributed by atoms with Gasteiger partial charge in [-0.3, -0.25) is 4.79 Å². The second-order valence-corrected chi connectivity index (χ2v) is 6.33. The van der Waals surface area contributed by atoms with Crippen LogP contribution in [0.2, 0.25) is 0 Å². The third-order valence-electron chi connectivity index (χ3n) is 2.94. The monoisotopic (exact) mass is 360 g/mol. The minimum atomic E-state index is -0.283. The zero-order chi connectivity index (χ0) is 17.3. The van der Waals surface area contributed by atoms with Gasteiger partial charge >= 0.3 is 0 Å². The average Bonchev–Trinajstić information content (AvgIpc) is 2.48. The van der Waals surface area contributed by atoms with Gasteiger partial charge in [0, 0.05) is 18.7 Å². The van der Waals surface area contributed by atoms with Gasteiger partial charge in [-0.05, 0) is 51.4 Å². The number of nitrogens with one attached hydrogen (secondary N) is 2. The molecule has 0 fully saturated rings. The molecule has 0 saturated heterocycles. The van der Waals surface area contributed by atoms with E-state index >= 15 is 0 Å². The molecule has 1 aromatic carbocycles. The molecule has 7 heteroatoms. The first kappa shape index (κ1) is 22.5. The first-order valence-corrected chi connectivity index (χ1v) is 7.78. The van der Waals surface area contributed by atoms with Gasteiger partial charge in [0.15, 0.2) is 18.1 Å². The number of methoxy groups -OCH3 is 1. The van der Waals surface area contributed by atoms with Crippen LogP contribution in [0.1, 0.15) is 32.8 Å². The Labute approximate surface area is 150 Å². The number of aliphatic hydroxyl groups is 1. The largest absolute Gasteiger partial charge is 0.493 e. The molecule has 6 nitrogen and oxygen atoms in total. The third kappa shape index (κ3) is 8.96. The van der Waals surface area contributed by atoms with E-state index in [9.17, 15) is 4.79 Å². The molecule has 1 aromatic rings. The molecule has 0 radical (unpaired) electrons. The molecule has 0 heterocycles. The number of carbonyl (C=O) groups is 1. The van der Waals surface area contributed by atoms with E-state index in [2.05, 4.69) is 10.6 Å². The number of aliphatic hydroxyl groups excluding tert-OH is 1. The van der Waals surface area contributed by atoms with Gasteiger partial charge in [0.2, 0.25) is 0 Å². The van der Waals surface area contributed by atoms with E-state index in [-0.39, 0.29) is 37.1 Å². The first-order chi connectivity index (χ1) is 10.9. The molecule has 24 heavy (non-hydrogen) atoms. The molecule has 0 aliphatic heterocycles. The fourth-order valence-corrected chi connectivity index (χ4v) is 1.98. The van der Waals surface area contributed by atoms with Crippen molar-refractivity contribution >= 4 is 18.3 Å². The van der Waals surface area contributed by atoms with Gasteiger partial charge in [0.05, 0.1) is 7.11 Å². The molecule has 0 spiro atoms. The van der Waals surface area contributed by atoms with Crippen LogP contribution >= 0.6 is 12.4 Å². The first-order valence-electron chi connectivity index (χ1n) is 7.78. The van der Waals surface area contributed by atoms with E-state index in [0.29, 0.717) is 18.0 Å². The predicted molar refractivity (Wildman–Crippen MR) is 97.0 cm³/mol. The Hall–Kier alpha value is -1.50. The number of hydrogen-bond donors (Lipinski definition) is 3. The lowest BCUT2D eigenvalue weighted by Crippen LogP contribution is -2.43. The van der Waals surface area contributed by atoms with Crippen molar-refractivity contribution in [2.24, 2.45) is 0 Å². The van der Waals surface area contributed by atoms with Crippen LogP contribution in [-0.4, -0.2) is 43.4 Å². The highest BCUT2D eigenvalue weighted by Crippen LogP contribution is 2.28. The second kappa shape index (κ2) is 11.1. The summed E-state index contributed by atoms with van der Waals surface area (Å²) in [5, 5.41) is 14.8. The lowest BCUT2D eigenvalue weighted by molar-refractivity contribution is -0.124. The van der Waals surface area contributed by atoms with Crippen molar-refractivity contribution in [3.05, 3.63) is 23.8 Å². The molecule has 0 aliphatic carbocycles. The Morgan fingerprint density at radius 1 is 1.25 bits per heavy atom. The minimum absolute atomic E-state index is 0. The smallest absolute Gasteiger partial charge is 0.258 e.